The van der Waals surface area contributed by atoms with Gasteiger partial charge in [0, 0.05) is 39.0 Å². The van der Waals surface area contributed by atoms with E-state index in [4.69, 9.17) is 5.73 Å². The molecule has 12 heteroatoms. The quantitative estimate of drug-likeness (QED) is 0.139. The molecule has 1 saturated heterocycles. The number of rotatable bonds is 5. The zero-order valence-corrected chi connectivity index (χ0v) is 33.6. The summed E-state index contributed by atoms with van der Waals surface area (Å²) >= 11 is 9.45. The van der Waals surface area contributed by atoms with E-state index in [1.54, 1.807) is 12.1 Å². The van der Waals surface area contributed by atoms with Gasteiger partial charge in [0.05, 0.1) is 5.84 Å². The number of amidine groups is 1. The van der Waals surface area contributed by atoms with Crippen molar-refractivity contribution in [2.45, 2.75) is 51.5 Å². The number of Topliss-reactive ketones (excluding diaryl/α,β-unsaturated/α-hetero) is 1. The number of carbonyl (C=O) groups excluding carboxylic acids is 1. The number of aliphatic imine (C=N–C) groups is 1. The minimum Gasteiger partial charge on any atom is -0.360 e. The fourth-order valence-corrected chi connectivity index (χ4v) is 6.16. The third-order valence-corrected chi connectivity index (χ3v) is 8.82. The molecule has 2 aliphatic heterocycles. The van der Waals surface area contributed by atoms with E-state index in [0.29, 0.717) is 24.0 Å². The Labute approximate surface area is 330 Å². The summed E-state index contributed by atoms with van der Waals surface area (Å²) in [4.78, 5) is 29.8. The average Bonchev–Trinajstić information content (AvgIpc) is 3.41. The molecule has 0 aliphatic carbocycles. The van der Waals surface area contributed by atoms with Crippen molar-refractivity contribution < 1.29 is 13.6 Å². The van der Waals surface area contributed by atoms with Crippen LogP contribution in [0.2, 0.25) is 0 Å². The van der Waals surface area contributed by atoms with Gasteiger partial charge in [-0.3, -0.25) is 9.79 Å². The summed E-state index contributed by atoms with van der Waals surface area (Å²) < 4.78 is 27.1. The summed E-state index contributed by atoms with van der Waals surface area (Å²) in [6, 6.07) is 34.2. The maximum Gasteiger partial charge on any atom is 0.213 e. The van der Waals surface area contributed by atoms with Crippen molar-refractivity contribution in [1.82, 2.24) is 19.9 Å². The van der Waals surface area contributed by atoms with Crippen LogP contribution < -0.4 is 5.73 Å². The molecule has 52 heavy (non-hydrogen) atoms. The predicted molar refractivity (Wildman–Crippen MR) is 216 cm³/mol. The summed E-state index contributed by atoms with van der Waals surface area (Å²) in [5.74, 6) is 0.192. The average molecular weight is 900 g/mol. The maximum absolute atomic E-state index is 12.8. The van der Waals surface area contributed by atoms with Gasteiger partial charge >= 0.3 is 0 Å². The molecule has 5 aromatic rings. The summed E-state index contributed by atoms with van der Waals surface area (Å²) in [5.41, 5.74) is 7.83. The minimum atomic E-state index is -0.615. The van der Waals surface area contributed by atoms with Gasteiger partial charge in [-0.1, -0.05) is 85.3 Å². The van der Waals surface area contributed by atoms with Gasteiger partial charge in [0.1, 0.15) is 19.5 Å². The van der Waals surface area contributed by atoms with Crippen LogP contribution in [0.3, 0.4) is 0 Å². The van der Waals surface area contributed by atoms with Crippen LogP contribution in [0.5, 0.6) is 0 Å². The van der Waals surface area contributed by atoms with Gasteiger partial charge in [-0.05, 0) is 121 Å². The normalized spacial score (nSPS) is 13.0. The number of halogens is 5. The molecule has 0 atom stereocenters. The van der Waals surface area contributed by atoms with E-state index in [-0.39, 0.29) is 11.5 Å². The second-order valence-electron chi connectivity index (χ2n) is 11.5. The number of hydrogen-bond donors (Lipinski definition) is 1. The number of hydrogen-bond acceptors (Lipinski definition) is 7. The number of ketones is 1. The van der Waals surface area contributed by atoms with Crippen LogP contribution in [0, 0.1) is 11.9 Å². The smallest absolute Gasteiger partial charge is 0.213 e. The number of fused-ring (bicyclic) bond motifs is 1. The SMILES string of the molecule is Brc1cccc(Br)n1.C1CCC2=NCCCN2CC1.NCc1ccccc1.O=C(CCc1ccccc1)c1cccc([18F])n1.[18F]c1cccc(Br)n1. The molecule has 2 aromatic carbocycles. The maximum atomic E-state index is 12.8. The summed E-state index contributed by atoms with van der Waals surface area (Å²) in [7, 11) is 0. The molecule has 0 bridgehead atoms. The molecule has 0 radical (unpaired) electrons. The lowest BCUT2D eigenvalue weighted by molar-refractivity contribution is 0.0977. The van der Waals surface area contributed by atoms with Gasteiger partial charge in [-0.2, -0.15) is 8.78 Å². The standard InChI is InChI=1S/C14H12FNO.C9H16N2.C7H9N.C5H3Br2N.C5H3BrFN/c15-14-8-4-7-12(16-14)13(17)10-9-11-5-2-1-3-6-11;1-2-5-9-10-6-4-8-11(9)7-3-1;8-6-7-4-2-1-3-5-7;2*6-4-2-1-3-5(7)8-4/h1-8H,9-10H2;1-8H2;1-5H,6,8H2;2*1-3H/i15-1;;;;7-1. The minimum absolute atomic E-state index is 0.131. The van der Waals surface area contributed by atoms with E-state index in [0.717, 1.165) is 21.3 Å². The Morgan fingerprint density at radius 1 is 0.635 bits per heavy atom. The first-order chi connectivity index (χ1) is 25.2. The molecular weight excluding hydrogens is 856 g/mol. The first kappa shape index (κ1) is 42.7. The van der Waals surface area contributed by atoms with Crippen molar-refractivity contribution in [2.75, 3.05) is 19.6 Å². The molecule has 0 unspecified atom stereocenters. The Bertz CT molecular complexity index is 1710. The molecule has 5 heterocycles. The lowest BCUT2D eigenvalue weighted by atomic mass is 10.1. The number of aromatic nitrogens is 3. The van der Waals surface area contributed by atoms with Gasteiger partial charge in [0.25, 0.3) is 0 Å². The van der Waals surface area contributed by atoms with E-state index in [9.17, 15) is 13.6 Å². The highest BCUT2D eigenvalue weighted by Gasteiger charge is 2.16. The van der Waals surface area contributed by atoms with Crippen molar-refractivity contribution in [3.8, 4) is 0 Å². The van der Waals surface area contributed by atoms with Crippen molar-refractivity contribution in [3.05, 3.63) is 158 Å². The van der Waals surface area contributed by atoms with Crippen LogP contribution in [0.1, 0.15) is 60.1 Å². The molecule has 0 spiro atoms. The van der Waals surface area contributed by atoms with Crippen molar-refractivity contribution >= 4 is 59.4 Å². The van der Waals surface area contributed by atoms with Gasteiger partial charge in [-0.25, -0.2) is 15.0 Å². The Morgan fingerprint density at radius 3 is 1.71 bits per heavy atom. The molecule has 7 rings (SSSR count). The molecular formula is C40H43Br3F2N6O. The Morgan fingerprint density at radius 2 is 1.19 bits per heavy atom. The number of nitrogens with zero attached hydrogens (tertiary/aromatic N) is 5. The second kappa shape index (κ2) is 25.3. The van der Waals surface area contributed by atoms with E-state index in [2.05, 4.69) is 72.6 Å². The van der Waals surface area contributed by atoms with E-state index in [1.165, 1.54) is 80.9 Å². The third kappa shape index (κ3) is 18.2. The van der Waals surface area contributed by atoms with Crippen LogP contribution in [0.25, 0.3) is 0 Å². The number of carbonyl (C=O) groups is 1. The largest absolute Gasteiger partial charge is 0.360 e. The van der Waals surface area contributed by atoms with Crippen molar-refractivity contribution in [1.29, 1.82) is 0 Å². The van der Waals surface area contributed by atoms with Gasteiger partial charge in [-0.15, -0.1) is 0 Å². The molecule has 3 aromatic heterocycles. The van der Waals surface area contributed by atoms with Crippen molar-refractivity contribution in [3.63, 3.8) is 0 Å². The lowest BCUT2D eigenvalue weighted by Crippen LogP contribution is -2.34. The molecule has 7 nitrogen and oxygen atoms in total. The van der Waals surface area contributed by atoms with Gasteiger partial charge in [0.15, 0.2) is 5.78 Å². The monoisotopic (exact) mass is 896 g/mol. The molecule has 1 fully saturated rings. The Kier molecular flexibility index (Phi) is 20.8. The fourth-order valence-electron chi connectivity index (χ4n) is 4.91. The van der Waals surface area contributed by atoms with Crippen LogP contribution in [0.15, 0.2) is 134 Å². The Hall–Kier alpha value is -3.71. The first-order valence-corrected chi connectivity index (χ1v) is 19.4. The van der Waals surface area contributed by atoms with E-state index < -0.39 is 11.9 Å². The molecule has 2 aliphatic rings. The first-order valence-electron chi connectivity index (χ1n) is 17.0. The van der Waals surface area contributed by atoms with E-state index in [1.807, 2.05) is 78.9 Å². The molecule has 0 saturated carbocycles. The summed E-state index contributed by atoms with van der Waals surface area (Å²) in [6.07, 6.45) is 7.63. The van der Waals surface area contributed by atoms with Crippen LogP contribution in [-0.2, 0) is 13.0 Å². The molecule has 274 valence electrons. The number of benzene rings is 2. The lowest BCUT2D eigenvalue weighted by Gasteiger charge is -2.27. The van der Waals surface area contributed by atoms with E-state index >= 15 is 0 Å². The van der Waals surface area contributed by atoms with Crippen LogP contribution >= 0.6 is 47.8 Å². The van der Waals surface area contributed by atoms with Crippen molar-refractivity contribution in [2.24, 2.45) is 10.7 Å². The molecule has 2 N–H and O–H groups in total. The zero-order valence-electron chi connectivity index (χ0n) is 28.9. The zero-order chi connectivity index (χ0) is 37.4. The van der Waals surface area contributed by atoms with Crippen LogP contribution in [-0.4, -0.2) is 51.1 Å². The highest BCUT2D eigenvalue weighted by atomic mass is 79.9. The highest BCUT2D eigenvalue weighted by molar-refractivity contribution is 9.11. The van der Waals surface area contributed by atoms with Gasteiger partial charge < -0.3 is 10.6 Å². The predicted octanol–water partition coefficient (Wildman–Crippen LogP) is 10.4. The molecule has 0 amide bonds. The fraction of sp³-hybridized carbons (Fsp3) is 0.275. The number of aryl methyl sites for hydroxylation is 1. The Balaban J connectivity index is 0.000000183. The third-order valence-electron chi connectivity index (χ3n) is 7.50. The summed E-state index contributed by atoms with van der Waals surface area (Å²) in [6.45, 7) is 4.24. The summed E-state index contributed by atoms with van der Waals surface area (Å²) in [5, 5.41) is 0. The number of nitrogens with two attached hydrogens (primary N) is 1. The van der Waals surface area contributed by atoms with Crippen LogP contribution in [0.4, 0.5) is 8.78 Å². The van der Waals surface area contributed by atoms with Gasteiger partial charge in [0.2, 0.25) is 11.9 Å². The topological polar surface area (TPSA) is 97.4 Å². The number of pyridine rings is 3. The second-order valence-corrected chi connectivity index (χ2v) is 13.9. The highest BCUT2D eigenvalue weighted by Crippen LogP contribution is 2.15.